The molecule has 0 amide bonds. The lowest BCUT2D eigenvalue weighted by Gasteiger charge is -2.41. The number of carbonyl (C=O) groups is 1. The molecule has 6 atom stereocenters. The number of ether oxygens (including phenoxy) is 2. The van der Waals surface area contributed by atoms with Crippen LogP contribution >= 0.6 is 7.82 Å². The Morgan fingerprint density at radius 2 is 0.810 bits per heavy atom. The van der Waals surface area contributed by atoms with E-state index in [-0.39, 0.29) is 13.0 Å². The van der Waals surface area contributed by atoms with Crippen molar-refractivity contribution in [2.24, 2.45) is 0 Å². The van der Waals surface area contributed by atoms with Gasteiger partial charge in [0.1, 0.15) is 42.7 Å². The second kappa shape index (κ2) is 36.9. The summed E-state index contributed by atoms with van der Waals surface area (Å²) in [7, 11) is -5.01. The predicted molar refractivity (Wildman–Crippen MR) is 230 cm³/mol. The summed E-state index contributed by atoms with van der Waals surface area (Å²) >= 11 is 0. The van der Waals surface area contributed by atoms with Crippen LogP contribution in [0.2, 0.25) is 0 Å². The first-order valence-corrected chi connectivity index (χ1v) is 25.4. The molecular weight excluding hydrogens is 763 g/mol. The van der Waals surface area contributed by atoms with Gasteiger partial charge in [-0.25, -0.2) is 4.57 Å². The zero-order valence-electron chi connectivity index (χ0n) is 36.9. The number of hydrogen-bond donors (Lipinski definition) is 6. The third-order valence-corrected chi connectivity index (χ3v) is 12.5. The van der Waals surface area contributed by atoms with Gasteiger partial charge in [0.05, 0.1) is 13.2 Å². The molecule has 346 valence electrons. The lowest BCUT2D eigenvalue weighted by Crippen LogP contribution is -2.64. The van der Waals surface area contributed by atoms with Crippen LogP contribution in [0.25, 0.3) is 0 Å². The highest BCUT2D eigenvalue weighted by Gasteiger charge is 2.51. The molecule has 0 aliphatic heterocycles. The third-order valence-electron chi connectivity index (χ3n) is 11.5. The van der Waals surface area contributed by atoms with E-state index in [1.165, 1.54) is 154 Å². The minimum absolute atomic E-state index is 0.0679. The molecule has 0 saturated heterocycles. The van der Waals surface area contributed by atoms with Gasteiger partial charge in [-0.05, 0) is 12.8 Å². The zero-order chi connectivity index (χ0) is 42.7. The molecule has 0 radical (unpaired) electrons. The topological polar surface area (TPSA) is 192 Å². The van der Waals surface area contributed by atoms with Crippen molar-refractivity contribution >= 4 is 13.8 Å². The predicted octanol–water partition coefficient (Wildman–Crippen LogP) is 9.76. The van der Waals surface area contributed by atoms with Crippen molar-refractivity contribution < 1.29 is 58.3 Å². The van der Waals surface area contributed by atoms with Crippen molar-refractivity contribution in [2.75, 3.05) is 19.8 Å². The number of unbranched alkanes of at least 4 members (excludes halogenated alkanes) is 29. The average molecular weight is 853 g/mol. The highest BCUT2D eigenvalue weighted by molar-refractivity contribution is 7.47. The Labute approximate surface area is 353 Å². The summed E-state index contributed by atoms with van der Waals surface area (Å²) in [5.74, 6) is -0.471. The largest absolute Gasteiger partial charge is 0.472 e. The van der Waals surface area contributed by atoms with Gasteiger partial charge < -0.3 is 39.9 Å². The molecule has 1 saturated carbocycles. The summed E-state index contributed by atoms with van der Waals surface area (Å²) in [5.41, 5.74) is 0. The van der Waals surface area contributed by atoms with Gasteiger partial charge in [-0.1, -0.05) is 200 Å². The molecule has 58 heavy (non-hydrogen) atoms. The van der Waals surface area contributed by atoms with Crippen LogP contribution < -0.4 is 0 Å². The Bertz CT molecular complexity index is 973. The second-order valence-electron chi connectivity index (χ2n) is 17.0. The van der Waals surface area contributed by atoms with E-state index in [2.05, 4.69) is 13.8 Å². The molecule has 1 aliphatic rings. The van der Waals surface area contributed by atoms with E-state index in [0.717, 1.165) is 38.5 Å². The molecule has 0 aromatic carbocycles. The summed E-state index contributed by atoms with van der Waals surface area (Å²) in [6.07, 6.45) is 26.0. The molecule has 6 N–H and O–H groups in total. The number of aliphatic hydroxyl groups excluding tert-OH is 5. The molecule has 0 bridgehead atoms. The second-order valence-corrected chi connectivity index (χ2v) is 18.4. The Morgan fingerprint density at radius 1 is 0.483 bits per heavy atom. The number of rotatable bonds is 41. The Balaban J connectivity index is 2.36. The van der Waals surface area contributed by atoms with E-state index in [9.17, 15) is 39.8 Å². The van der Waals surface area contributed by atoms with Gasteiger partial charge in [0.2, 0.25) is 0 Å². The minimum atomic E-state index is -5.01. The van der Waals surface area contributed by atoms with Crippen LogP contribution in [-0.4, -0.2) is 98.9 Å². The Kier molecular flexibility index (Phi) is 35.3. The van der Waals surface area contributed by atoms with Crippen LogP contribution in [0.15, 0.2) is 0 Å². The van der Waals surface area contributed by atoms with Crippen LogP contribution in [0.1, 0.15) is 219 Å². The number of phosphoric acid groups is 1. The minimum Gasteiger partial charge on any atom is -0.457 e. The summed E-state index contributed by atoms with van der Waals surface area (Å²) in [6, 6.07) is 0. The van der Waals surface area contributed by atoms with Crippen LogP contribution in [0.4, 0.5) is 0 Å². The van der Waals surface area contributed by atoms with E-state index in [0.29, 0.717) is 13.0 Å². The van der Waals surface area contributed by atoms with Gasteiger partial charge in [0, 0.05) is 13.0 Å². The van der Waals surface area contributed by atoms with Gasteiger partial charge in [-0.15, -0.1) is 0 Å². The summed E-state index contributed by atoms with van der Waals surface area (Å²) in [5, 5.41) is 50.2. The van der Waals surface area contributed by atoms with Crippen LogP contribution in [-0.2, 0) is 27.9 Å². The van der Waals surface area contributed by atoms with Crippen LogP contribution in [0.5, 0.6) is 0 Å². The molecule has 13 heteroatoms. The maximum Gasteiger partial charge on any atom is 0.472 e. The maximum atomic E-state index is 12.8. The molecular formula is C45H89O12P. The summed E-state index contributed by atoms with van der Waals surface area (Å²) in [4.78, 5) is 23.2. The van der Waals surface area contributed by atoms with E-state index in [1.807, 2.05) is 0 Å². The Hall–Kier alpha value is -0.660. The number of aliphatic hydroxyl groups is 5. The fraction of sp³-hybridized carbons (Fsp3) is 0.978. The quantitative estimate of drug-likeness (QED) is 0.0194. The first-order valence-electron chi connectivity index (χ1n) is 23.9. The standard InChI is InChI=1S/C45H89O12P/c1-3-5-7-9-11-13-15-17-19-20-21-22-24-26-28-30-32-34-39(46)56-38(36-54-35-33-31-29-27-25-23-18-16-14-12-10-8-6-4-2)37-55-58(52,53)57-45-43(50)41(48)40(47)42(49)44(45)51/h38,40-45,47-51H,3-37H2,1-2H3,(H,52,53). The van der Waals surface area contributed by atoms with Crippen molar-refractivity contribution in [3.8, 4) is 0 Å². The monoisotopic (exact) mass is 853 g/mol. The van der Waals surface area contributed by atoms with Gasteiger partial charge in [-0.3, -0.25) is 13.8 Å². The van der Waals surface area contributed by atoms with E-state index in [4.69, 9.17) is 18.5 Å². The van der Waals surface area contributed by atoms with E-state index >= 15 is 0 Å². The number of esters is 1. The molecule has 12 nitrogen and oxygen atoms in total. The zero-order valence-corrected chi connectivity index (χ0v) is 37.8. The van der Waals surface area contributed by atoms with E-state index in [1.54, 1.807) is 0 Å². The van der Waals surface area contributed by atoms with Crippen molar-refractivity contribution in [2.45, 2.75) is 262 Å². The number of phosphoric ester groups is 1. The number of carbonyl (C=O) groups excluding carboxylic acids is 1. The smallest absolute Gasteiger partial charge is 0.457 e. The van der Waals surface area contributed by atoms with Crippen LogP contribution in [0, 0.1) is 0 Å². The highest BCUT2D eigenvalue weighted by Crippen LogP contribution is 2.47. The van der Waals surface area contributed by atoms with E-state index < -0.39 is 63.1 Å². The highest BCUT2D eigenvalue weighted by atomic mass is 31.2. The molecule has 6 unspecified atom stereocenters. The normalized spacial score (nSPS) is 22.6. The lowest BCUT2D eigenvalue weighted by atomic mass is 9.85. The average Bonchev–Trinajstić information content (AvgIpc) is 3.21. The van der Waals surface area contributed by atoms with Gasteiger partial charge in [0.25, 0.3) is 0 Å². The molecule has 0 spiro atoms. The molecule has 1 fully saturated rings. The fourth-order valence-corrected chi connectivity index (χ4v) is 8.62. The lowest BCUT2D eigenvalue weighted by molar-refractivity contribution is -0.220. The van der Waals surface area contributed by atoms with Gasteiger partial charge in [0.15, 0.2) is 0 Å². The van der Waals surface area contributed by atoms with Crippen molar-refractivity contribution in [1.29, 1.82) is 0 Å². The third kappa shape index (κ3) is 28.8. The fourth-order valence-electron chi connectivity index (χ4n) is 7.65. The SMILES string of the molecule is CCCCCCCCCCCCCCCCCCCC(=O)OC(COCCCCCCCCCCCCCCCC)COP(=O)(O)OC1C(O)C(O)C(O)C(O)C1O. The van der Waals surface area contributed by atoms with Crippen molar-refractivity contribution in [1.82, 2.24) is 0 Å². The van der Waals surface area contributed by atoms with Crippen molar-refractivity contribution in [3.63, 3.8) is 0 Å². The molecule has 1 aliphatic carbocycles. The molecule has 0 aromatic rings. The first kappa shape index (κ1) is 55.4. The molecule has 0 heterocycles. The van der Waals surface area contributed by atoms with Gasteiger partial charge >= 0.3 is 13.8 Å². The van der Waals surface area contributed by atoms with Gasteiger partial charge in [-0.2, -0.15) is 0 Å². The summed E-state index contributed by atoms with van der Waals surface area (Å²) < 4.78 is 34.2. The molecule has 0 aromatic heterocycles. The summed E-state index contributed by atoms with van der Waals surface area (Å²) in [6.45, 7) is 4.30. The Morgan fingerprint density at radius 3 is 1.19 bits per heavy atom. The maximum absolute atomic E-state index is 12.8. The first-order chi connectivity index (χ1) is 28.0. The molecule has 1 rings (SSSR count). The van der Waals surface area contributed by atoms with Crippen LogP contribution in [0.3, 0.4) is 0 Å². The van der Waals surface area contributed by atoms with Crippen molar-refractivity contribution in [3.05, 3.63) is 0 Å². The number of hydrogen-bond acceptors (Lipinski definition) is 11.